The first kappa shape index (κ1) is 33.1. The minimum atomic E-state index is -4.46. The van der Waals surface area contributed by atoms with Gasteiger partial charge >= 0.3 is 6.18 Å². The number of nitrogens with one attached hydrogen (secondary N) is 1. The minimum absolute atomic E-state index is 0.00884. The summed E-state index contributed by atoms with van der Waals surface area (Å²) in [5.74, 6) is -0.793. The maximum atomic E-state index is 13.8. The summed E-state index contributed by atoms with van der Waals surface area (Å²) in [4.78, 5) is 13.4. The van der Waals surface area contributed by atoms with Crippen LogP contribution in [0.1, 0.15) is 109 Å². The smallest absolute Gasteiger partial charge is 0.413 e. The average Bonchev–Trinajstić information content (AvgIpc) is 2.80. The van der Waals surface area contributed by atoms with Crippen LogP contribution < -0.4 is 5.32 Å². The fourth-order valence-corrected chi connectivity index (χ4v) is 5.42. The van der Waals surface area contributed by atoms with Crippen molar-refractivity contribution in [3.05, 3.63) is 64.7 Å². The zero-order valence-corrected chi connectivity index (χ0v) is 26.3. The van der Waals surface area contributed by atoms with Crippen LogP contribution in [0, 0.1) is 0 Å². The molecule has 2 rings (SSSR count). The average molecular weight is 564 g/mol. The summed E-state index contributed by atoms with van der Waals surface area (Å²) < 4.78 is 47.9. The molecular weight excluding hydrogens is 515 g/mol. The summed E-state index contributed by atoms with van der Waals surface area (Å²) in [5.41, 5.74) is 1.95. The number of halogens is 3. The standard InChI is InChI=1S/C32H48F3NO2Si/c1-10-11-12-15-24(25-16-13-14-17-26(25)32(33,34)35)21-29(37)36-28-20-23(18-19-27(28)30(2,3)4)22-38-39(8,9)31(5,6)7/h13-14,16-20,24H,10-12,15,21-22H2,1-9H3,(H,36,37). The second kappa shape index (κ2) is 13.0. The Morgan fingerprint density at radius 1 is 0.949 bits per heavy atom. The number of amides is 1. The highest BCUT2D eigenvalue weighted by Crippen LogP contribution is 2.40. The van der Waals surface area contributed by atoms with Crippen molar-refractivity contribution in [3.8, 4) is 0 Å². The van der Waals surface area contributed by atoms with Gasteiger partial charge in [0.1, 0.15) is 0 Å². The van der Waals surface area contributed by atoms with E-state index in [0.29, 0.717) is 18.7 Å². The quantitative estimate of drug-likeness (QED) is 0.218. The van der Waals surface area contributed by atoms with Gasteiger partial charge in [-0.1, -0.05) is 98.1 Å². The molecule has 1 N–H and O–H groups in total. The maximum Gasteiger partial charge on any atom is 0.416 e. The van der Waals surface area contributed by atoms with Crippen LogP contribution in [0.15, 0.2) is 42.5 Å². The van der Waals surface area contributed by atoms with Gasteiger partial charge in [0, 0.05) is 12.1 Å². The van der Waals surface area contributed by atoms with E-state index in [9.17, 15) is 18.0 Å². The third-order valence-corrected chi connectivity index (χ3v) is 12.3. The maximum absolute atomic E-state index is 13.8. The molecule has 1 atom stereocenters. The Balaban J connectivity index is 2.35. The summed E-state index contributed by atoms with van der Waals surface area (Å²) in [6.45, 7) is 19.7. The molecule has 0 aliphatic rings. The lowest BCUT2D eigenvalue weighted by Crippen LogP contribution is -2.40. The fraction of sp³-hybridized carbons (Fsp3) is 0.594. The third-order valence-electron chi connectivity index (χ3n) is 7.87. The molecule has 0 spiro atoms. The number of carbonyl (C=O) groups is 1. The van der Waals surface area contributed by atoms with Crippen molar-refractivity contribution in [2.75, 3.05) is 5.32 Å². The molecule has 3 nitrogen and oxygen atoms in total. The van der Waals surface area contributed by atoms with Crippen LogP contribution in [-0.2, 0) is 27.4 Å². The highest BCUT2D eigenvalue weighted by Gasteiger charge is 2.37. The Morgan fingerprint density at radius 3 is 2.15 bits per heavy atom. The lowest BCUT2D eigenvalue weighted by Gasteiger charge is -2.36. The van der Waals surface area contributed by atoms with Gasteiger partial charge in [-0.05, 0) is 64.7 Å². The topological polar surface area (TPSA) is 38.3 Å². The van der Waals surface area contributed by atoms with Crippen molar-refractivity contribution >= 4 is 19.9 Å². The lowest BCUT2D eigenvalue weighted by atomic mass is 9.84. The van der Waals surface area contributed by atoms with Crippen molar-refractivity contribution in [3.63, 3.8) is 0 Å². The van der Waals surface area contributed by atoms with Crippen molar-refractivity contribution in [1.29, 1.82) is 0 Å². The van der Waals surface area contributed by atoms with E-state index in [1.807, 2.05) is 18.2 Å². The van der Waals surface area contributed by atoms with E-state index >= 15 is 0 Å². The Labute approximate surface area is 235 Å². The molecule has 1 amide bonds. The molecule has 0 saturated carbocycles. The number of rotatable bonds is 11. The molecule has 0 radical (unpaired) electrons. The Bertz CT molecular complexity index is 1100. The third kappa shape index (κ3) is 9.49. The van der Waals surface area contributed by atoms with Crippen molar-refractivity contribution < 1.29 is 22.4 Å². The largest absolute Gasteiger partial charge is 0.416 e. The van der Waals surface area contributed by atoms with Crippen molar-refractivity contribution in [2.45, 2.75) is 123 Å². The molecule has 39 heavy (non-hydrogen) atoms. The summed E-state index contributed by atoms with van der Waals surface area (Å²) in [5, 5.41) is 3.15. The van der Waals surface area contributed by atoms with Crippen LogP contribution in [-0.4, -0.2) is 14.2 Å². The van der Waals surface area contributed by atoms with Crippen LogP contribution in [0.3, 0.4) is 0 Å². The van der Waals surface area contributed by atoms with E-state index in [2.05, 4.69) is 66.9 Å². The molecule has 0 heterocycles. The van der Waals surface area contributed by atoms with Gasteiger partial charge in [-0.2, -0.15) is 13.2 Å². The number of benzene rings is 2. The molecule has 2 aromatic rings. The first-order valence-corrected chi connectivity index (χ1v) is 17.0. The normalized spacial score (nSPS) is 13.8. The Kier molecular flexibility index (Phi) is 11.1. The minimum Gasteiger partial charge on any atom is -0.413 e. The van der Waals surface area contributed by atoms with Crippen LogP contribution in [0.2, 0.25) is 18.1 Å². The Morgan fingerprint density at radius 2 is 1.59 bits per heavy atom. The number of anilines is 1. The summed E-state index contributed by atoms with van der Waals surface area (Å²) in [6, 6.07) is 11.7. The highest BCUT2D eigenvalue weighted by molar-refractivity contribution is 6.74. The van der Waals surface area contributed by atoms with E-state index in [0.717, 1.165) is 36.5 Å². The predicted octanol–water partition coefficient (Wildman–Crippen LogP) is 10.2. The van der Waals surface area contributed by atoms with Crippen LogP contribution in [0.5, 0.6) is 0 Å². The van der Waals surface area contributed by atoms with Gasteiger partial charge in [0.2, 0.25) is 5.91 Å². The molecule has 0 bridgehead atoms. The lowest BCUT2D eigenvalue weighted by molar-refractivity contribution is -0.138. The highest BCUT2D eigenvalue weighted by atomic mass is 28.4. The first-order valence-electron chi connectivity index (χ1n) is 14.1. The molecular formula is C32H48F3NO2Si. The van der Waals surface area contributed by atoms with Gasteiger partial charge < -0.3 is 9.74 Å². The first-order chi connectivity index (χ1) is 17.9. The van der Waals surface area contributed by atoms with Gasteiger partial charge in [-0.15, -0.1) is 0 Å². The molecule has 0 fully saturated rings. The van der Waals surface area contributed by atoms with E-state index in [4.69, 9.17) is 4.43 Å². The van der Waals surface area contributed by atoms with Gasteiger partial charge in [0.15, 0.2) is 8.32 Å². The summed E-state index contributed by atoms with van der Waals surface area (Å²) >= 11 is 0. The summed E-state index contributed by atoms with van der Waals surface area (Å²) in [7, 11) is -1.96. The predicted molar refractivity (Wildman–Crippen MR) is 159 cm³/mol. The van der Waals surface area contributed by atoms with Crippen molar-refractivity contribution in [1.82, 2.24) is 0 Å². The second-order valence-electron chi connectivity index (χ2n) is 13.2. The second-order valence-corrected chi connectivity index (χ2v) is 18.0. The van der Waals surface area contributed by atoms with Crippen LogP contribution in [0.4, 0.5) is 18.9 Å². The van der Waals surface area contributed by atoms with E-state index in [1.165, 1.54) is 12.1 Å². The molecule has 7 heteroatoms. The molecule has 0 aromatic heterocycles. The number of alkyl halides is 3. The number of unbranched alkanes of at least 4 members (excludes halogenated alkanes) is 2. The van der Waals surface area contributed by atoms with Crippen molar-refractivity contribution in [2.24, 2.45) is 0 Å². The van der Waals surface area contributed by atoms with E-state index in [1.54, 1.807) is 6.07 Å². The van der Waals surface area contributed by atoms with Gasteiger partial charge in [0.25, 0.3) is 0 Å². The Hall–Kier alpha value is -2.12. The zero-order chi connectivity index (χ0) is 29.6. The van der Waals surface area contributed by atoms with E-state index in [-0.39, 0.29) is 28.3 Å². The fourth-order valence-electron chi connectivity index (χ4n) is 4.46. The van der Waals surface area contributed by atoms with Gasteiger partial charge in [0.05, 0.1) is 12.2 Å². The molecule has 2 aromatic carbocycles. The monoisotopic (exact) mass is 563 g/mol. The number of hydrogen-bond donors (Lipinski definition) is 1. The molecule has 0 aliphatic heterocycles. The van der Waals surface area contributed by atoms with Crippen LogP contribution >= 0.6 is 0 Å². The van der Waals surface area contributed by atoms with Gasteiger partial charge in [-0.3, -0.25) is 4.79 Å². The molecule has 0 aliphatic carbocycles. The number of hydrogen-bond acceptors (Lipinski definition) is 2. The summed E-state index contributed by atoms with van der Waals surface area (Å²) in [6.07, 6.45) is -1.30. The SMILES string of the molecule is CCCCCC(CC(=O)Nc1cc(CO[Si](C)(C)C(C)(C)C)ccc1C(C)(C)C)c1ccccc1C(F)(F)F. The molecule has 218 valence electrons. The molecule has 0 saturated heterocycles. The van der Waals surface area contributed by atoms with Crippen LogP contribution in [0.25, 0.3) is 0 Å². The molecule has 1 unspecified atom stereocenters. The zero-order valence-electron chi connectivity index (χ0n) is 25.3. The number of carbonyl (C=O) groups excluding carboxylic acids is 1. The van der Waals surface area contributed by atoms with Gasteiger partial charge in [-0.25, -0.2) is 0 Å². The van der Waals surface area contributed by atoms with E-state index < -0.39 is 26.0 Å².